The summed E-state index contributed by atoms with van der Waals surface area (Å²) < 4.78 is 5.17. The Morgan fingerprint density at radius 1 is 1.58 bits per heavy atom. The van der Waals surface area contributed by atoms with E-state index in [2.05, 4.69) is 5.32 Å². The van der Waals surface area contributed by atoms with Crippen molar-refractivity contribution < 1.29 is 9.53 Å². The van der Waals surface area contributed by atoms with E-state index >= 15 is 0 Å². The van der Waals surface area contributed by atoms with Crippen molar-refractivity contribution in [1.82, 2.24) is 0 Å². The predicted molar refractivity (Wildman–Crippen MR) is 71.5 cm³/mol. The zero-order valence-corrected chi connectivity index (χ0v) is 10.6. The van der Waals surface area contributed by atoms with Gasteiger partial charge in [-0.05, 0) is 30.9 Å². The van der Waals surface area contributed by atoms with Gasteiger partial charge in [-0.1, -0.05) is 6.07 Å². The molecule has 100 valence electrons. The van der Waals surface area contributed by atoms with Gasteiger partial charge in [0.25, 0.3) is 0 Å². The lowest BCUT2D eigenvalue weighted by Crippen LogP contribution is -2.28. The van der Waals surface area contributed by atoms with Gasteiger partial charge in [0.2, 0.25) is 5.91 Å². The molecule has 5 heteroatoms. The Morgan fingerprint density at radius 3 is 3.05 bits per heavy atom. The average Bonchev–Trinajstić information content (AvgIpc) is 3.20. The van der Waals surface area contributed by atoms with Crippen molar-refractivity contribution in [1.29, 1.82) is 5.26 Å². The van der Waals surface area contributed by atoms with Crippen LogP contribution in [0.3, 0.4) is 0 Å². The first kappa shape index (κ1) is 13.4. The number of nitrogens with zero attached hydrogens (tertiary/aromatic N) is 1. The van der Waals surface area contributed by atoms with Gasteiger partial charge in [-0.25, -0.2) is 0 Å². The van der Waals surface area contributed by atoms with Crippen molar-refractivity contribution in [3.8, 4) is 11.8 Å². The predicted octanol–water partition coefficient (Wildman–Crippen LogP) is 1.65. The van der Waals surface area contributed by atoms with E-state index in [0.29, 0.717) is 23.8 Å². The van der Waals surface area contributed by atoms with E-state index in [1.165, 1.54) is 0 Å². The third-order valence-electron chi connectivity index (χ3n) is 3.07. The van der Waals surface area contributed by atoms with Gasteiger partial charge < -0.3 is 15.8 Å². The fraction of sp³-hybridized carbons (Fsp3) is 0.429. The van der Waals surface area contributed by atoms with Crippen molar-refractivity contribution in [3.63, 3.8) is 0 Å². The molecule has 1 aromatic rings. The largest absolute Gasteiger partial charge is 0.479 e. The molecule has 1 aromatic carbocycles. The van der Waals surface area contributed by atoms with Crippen LogP contribution in [0.15, 0.2) is 24.3 Å². The molecule has 1 saturated carbocycles. The van der Waals surface area contributed by atoms with Gasteiger partial charge in [0.15, 0.2) is 6.61 Å². The summed E-state index contributed by atoms with van der Waals surface area (Å²) in [4.78, 5) is 11.8. The standard InChI is InChI=1S/C14H17N3O2/c15-6-7-19-12-3-1-2-11(8-12)17-14(18)9-13(16)10-4-5-10/h1-3,8,10,13H,4-5,7,9,16H2,(H,17,18). The fourth-order valence-electron chi connectivity index (χ4n) is 1.90. The number of ether oxygens (including phenoxy) is 1. The molecule has 0 saturated heterocycles. The van der Waals surface area contributed by atoms with Crippen LogP contribution in [0, 0.1) is 17.2 Å². The van der Waals surface area contributed by atoms with E-state index in [4.69, 9.17) is 15.7 Å². The number of benzene rings is 1. The molecule has 5 nitrogen and oxygen atoms in total. The summed E-state index contributed by atoms with van der Waals surface area (Å²) in [5.41, 5.74) is 6.56. The first-order valence-corrected chi connectivity index (χ1v) is 6.34. The van der Waals surface area contributed by atoms with E-state index < -0.39 is 0 Å². The summed E-state index contributed by atoms with van der Waals surface area (Å²) in [5.74, 6) is 0.985. The Morgan fingerprint density at radius 2 is 2.37 bits per heavy atom. The van der Waals surface area contributed by atoms with Crippen LogP contribution in [0.25, 0.3) is 0 Å². The van der Waals surface area contributed by atoms with Crippen molar-refractivity contribution in [2.45, 2.75) is 25.3 Å². The molecule has 1 amide bonds. The molecule has 0 spiro atoms. The van der Waals surface area contributed by atoms with Crippen LogP contribution in [-0.2, 0) is 4.79 Å². The van der Waals surface area contributed by atoms with Gasteiger partial charge >= 0.3 is 0 Å². The minimum atomic E-state index is -0.0863. The van der Waals surface area contributed by atoms with Crippen LogP contribution >= 0.6 is 0 Å². The van der Waals surface area contributed by atoms with Gasteiger partial charge in [0.05, 0.1) is 0 Å². The number of amides is 1. The lowest BCUT2D eigenvalue weighted by Gasteiger charge is -2.11. The Balaban J connectivity index is 1.87. The number of anilines is 1. The first-order chi connectivity index (χ1) is 9.19. The number of nitriles is 1. The Bertz CT molecular complexity index is 492. The fourth-order valence-corrected chi connectivity index (χ4v) is 1.90. The normalized spacial score (nSPS) is 15.4. The van der Waals surface area contributed by atoms with Crippen LogP contribution in [0.2, 0.25) is 0 Å². The molecule has 0 heterocycles. The number of nitrogens with two attached hydrogens (primary N) is 1. The van der Waals surface area contributed by atoms with Crippen molar-refractivity contribution in [3.05, 3.63) is 24.3 Å². The van der Waals surface area contributed by atoms with E-state index in [-0.39, 0.29) is 18.6 Å². The van der Waals surface area contributed by atoms with Gasteiger partial charge in [-0.3, -0.25) is 4.79 Å². The SMILES string of the molecule is N#CCOc1cccc(NC(=O)CC(N)C2CC2)c1. The van der Waals surface area contributed by atoms with Crippen LogP contribution in [0.5, 0.6) is 5.75 Å². The quantitative estimate of drug-likeness (QED) is 0.813. The summed E-state index contributed by atoms with van der Waals surface area (Å²) in [5, 5.41) is 11.2. The third-order valence-corrected chi connectivity index (χ3v) is 3.07. The van der Waals surface area contributed by atoms with Crippen LogP contribution in [0.1, 0.15) is 19.3 Å². The second-order valence-electron chi connectivity index (χ2n) is 4.73. The summed E-state index contributed by atoms with van der Waals surface area (Å²) in [7, 11) is 0. The number of nitrogens with one attached hydrogen (secondary N) is 1. The number of carbonyl (C=O) groups is 1. The molecular weight excluding hydrogens is 242 g/mol. The lowest BCUT2D eigenvalue weighted by atomic mass is 10.1. The van der Waals surface area contributed by atoms with Crippen LogP contribution < -0.4 is 15.8 Å². The van der Waals surface area contributed by atoms with E-state index in [1.807, 2.05) is 6.07 Å². The molecule has 3 N–H and O–H groups in total. The Hall–Kier alpha value is -2.06. The number of rotatable bonds is 6. The summed E-state index contributed by atoms with van der Waals surface area (Å²) in [6, 6.07) is 8.83. The summed E-state index contributed by atoms with van der Waals surface area (Å²) in [6.07, 6.45) is 2.60. The van der Waals surface area contributed by atoms with Crippen molar-refractivity contribution >= 4 is 11.6 Å². The first-order valence-electron chi connectivity index (χ1n) is 6.34. The average molecular weight is 259 g/mol. The second-order valence-corrected chi connectivity index (χ2v) is 4.73. The van der Waals surface area contributed by atoms with E-state index in [1.54, 1.807) is 24.3 Å². The summed E-state index contributed by atoms with van der Waals surface area (Å²) >= 11 is 0. The van der Waals surface area contributed by atoms with E-state index in [9.17, 15) is 4.79 Å². The zero-order chi connectivity index (χ0) is 13.7. The monoisotopic (exact) mass is 259 g/mol. The third kappa shape index (κ3) is 4.27. The van der Waals surface area contributed by atoms with Gasteiger partial charge in [-0.15, -0.1) is 0 Å². The maximum atomic E-state index is 11.8. The highest BCUT2D eigenvalue weighted by molar-refractivity contribution is 5.91. The Kier molecular flexibility index (Phi) is 4.37. The molecule has 19 heavy (non-hydrogen) atoms. The van der Waals surface area contributed by atoms with Gasteiger partial charge in [0, 0.05) is 24.2 Å². The van der Waals surface area contributed by atoms with Gasteiger partial charge in [0.1, 0.15) is 11.8 Å². The smallest absolute Gasteiger partial charge is 0.225 e. The molecule has 2 rings (SSSR count). The molecular formula is C14H17N3O2. The van der Waals surface area contributed by atoms with Crippen LogP contribution in [-0.4, -0.2) is 18.6 Å². The Labute approximate surface area is 112 Å². The molecule has 0 radical (unpaired) electrons. The molecule has 0 aliphatic heterocycles. The van der Waals surface area contributed by atoms with Crippen LogP contribution in [0.4, 0.5) is 5.69 Å². The molecule has 1 aliphatic rings. The highest BCUT2D eigenvalue weighted by atomic mass is 16.5. The molecule has 1 unspecified atom stereocenters. The number of carbonyl (C=O) groups excluding carboxylic acids is 1. The van der Waals surface area contributed by atoms with Crippen molar-refractivity contribution in [2.24, 2.45) is 11.7 Å². The molecule has 1 atom stereocenters. The maximum Gasteiger partial charge on any atom is 0.225 e. The van der Waals surface area contributed by atoms with Crippen molar-refractivity contribution in [2.75, 3.05) is 11.9 Å². The number of hydrogen-bond acceptors (Lipinski definition) is 4. The maximum absolute atomic E-state index is 11.8. The highest BCUT2D eigenvalue weighted by Crippen LogP contribution is 2.32. The zero-order valence-electron chi connectivity index (χ0n) is 10.6. The lowest BCUT2D eigenvalue weighted by molar-refractivity contribution is -0.116. The molecule has 1 fully saturated rings. The second kappa shape index (κ2) is 6.21. The topological polar surface area (TPSA) is 88.1 Å². The minimum Gasteiger partial charge on any atom is -0.479 e. The molecule has 0 bridgehead atoms. The highest BCUT2D eigenvalue weighted by Gasteiger charge is 2.29. The summed E-state index contributed by atoms with van der Waals surface area (Å²) in [6.45, 7) is -0.00997. The minimum absolute atomic E-state index is 0.00997. The number of hydrogen-bond donors (Lipinski definition) is 2. The van der Waals surface area contributed by atoms with Gasteiger partial charge in [-0.2, -0.15) is 5.26 Å². The molecule has 0 aromatic heterocycles. The molecule has 1 aliphatic carbocycles. The van der Waals surface area contributed by atoms with E-state index in [0.717, 1.165) is 12.8 Å².